The molecule has 2 fully saturated rings. The van der Waals surface area contributed by atoms with Crippen LogP contribution in [-0.2, 0) is 0 Å². The van der Waals surface area contributed by atoms with Gasteiger partial charge in [-0.2, -0.15) is 0 Å². The van der Waals surface area contributed by atoms with Crippen LogP contribution in [0.1, 0.15) is 42.1 Å². The molecular weight excluding hydrogens is 490 g/mol. The summed E-state index contributed by atoms with van der Waals surface area (Å²) in [6, 6.07) is 12.4. The van der Waals surface area contributed by atoms with Crippen LogP contribution in [0.2, 0.25) is 0 Å². The molecule has 0 spiro atoms. The van der Waals surface area contributed by atoms with Crippen molar-refractivity contribution in [2.24, 2.45) is 0 Å². The number of H-pyrrole nitrogens is 2. The van der Waals surface area contributed by atoms with Gasteiger partial charge in [-0.25, -0.2) is 9.97 Å². The molecule has 1 saturated carbocycles. The molecule has 0 radical (unpaired) electrons. The Morgan fingerprint density at radius 2 is 1.87 bits per heavy atom. The summed E-state index contributed by atoms with van der Waals surface area (Å²) in [7, 11) is 2.13. The van der Waals surface area contributed by atoms with Crippen LogP contribution in [0.25, 0.3) is 21.9 Å². The highest BCUT2D eigenvalue weighted by Gasteiger charge is 2.24. The third kappa shape index (κ3) is 4.61. The third-order valence-electron chi connectivity index (χ3n) is 8.12. The lowest BCUT2D eigenvalue weighted by Gasteiger charge is -2.35. The van der Waals surface area contributed by atoms with Crippen LogP contribution in [0.3, 0.4) is 0 Å². The standard InChI is InChI=1S/C29H33N9O/c1-36-12-14-37(15-13-36)26-18-25-24(17-22(26)27(39)32-20-7-6-19-8-9-30-23(19)16-20)33-28(34-25)35-29-31-10-11-38(29)21-4-2-3-5-21/h6-11,16-18,21,30H,2-5,12-15H2,1H3,(H,32,39)(H2,31,33,34,35). The van der Waals surface area contributed by atoms with E-state index in [0.717, 1.165) is 65.4 Å². The molecule has 1 saturated heterocycles. The average Bonchev–Trinajstić information content (AvgIpc) is 3.75. The Morgan fingerprint density at radius 1 is 1.03 bits per heavy atom. The Bertz CT molecular complexity index is 1630. The smallest absolute Gasteiger partial charge is 0.257 e. The number of rotatable bonds is 6. The predicted molar refractivity (Wildman–Crippen MR) is 155 cm³/mol. The van der Waals surface area contributed by atoms with Crippen LogP contribution < -0.4 is 15.5 Å². The van der Waals surface area contributed by atoms with Crippen molar-refractivity contribution in [1.29, 1.82) is 0 Å². The number of nitrogens with one attached hydrogen (secondary N) is 4. The summed E-state index contributed by atoms with van der Waals surface area (Å²) in [5, 5.41) is 7.61. The van der Waals surface area contributed by atoms with Crippen molar-refractivity contribution < 1.29 is 4.79 Å². The molecule has 39 heavy (non-hydrogen) atoms. The number of anilines is 4. The van der Waals surface area contributed by atoms with E-state index in [2.05, 4.69) is 47.0 Å². The number of nitrogens with zero attached hydrogens (tertiary/aromatic N) is 5. The number of carbonyl (C=O) groups excluding carboxylic acids is 1. The molecule has 10 heteroatoms. The van der Waals surface area contributed by atoms with Crippen LogP contribution in [0.15, 0.2) is 55.0 Å². The molecule has 3 aromatic heterocycles. The van der Waals surface area contributed by atoms with Crippen LogP contribution in [0.4, 0.5) is 23.3 Å². The number of carbonyl (C=O) groups is 1. The molecule has 4 heterocycles. The fraction of sp³-hybridized carbons (Fsp3) is 0.345. The van der Waals surface area contributed by atoms with Gasteiger partial charge in [-0.1, -0.05) is 18.9 Å². The number of amides is 1. The predicted octanol–water partition coefficient (Wildman–Crippen LogP) is 5.10. The third-order valence-corrected chi connectivity index (χ3v) is 8.12. The lowest BCUT2D eigenvalue weighted by molar-refractivity contribution is 0.102. The Morgan fingerprint density at radius 3 is 2.72 bits per heavy atom. The number of piperazine rings is 1. The molecule has 2 aromatic carbocycles. The van der Waals surface area contributed by atoms with E-state index in [0.29, 0.717) is 17.6 Å². The number of hydrogen-bond donors (Lipinski definition) is 4. The fourth-order valence-corrected chi connectivity index (χ4v) is 5.91. The zero-order valence-electron chi connectivity index (χ0n) is 22.1. The summed E-state index contributed by atoms with van der Waals surface area (Å²) in [6.07, 6.45) is 10.6. The van der Waals surface area contributed by atoms with Gasteiger partial charge in [0.05, 0.1) is 22.3 Å². The summed E-state index contributed by atoms with van der Waals surface area (Å²) in [6.45, 7) is 3.59. The van der Waals surface area contributed by atoms with Crippen molar-refractivity contribution in [3.63, 3.8) is 0 Å². The van der Waals surface area contributed by atoms with Crippen LogP contribution in [0, 0.1) is 0 Å². The maximum absolute atomic E-state index is 13.7. The van der Waals surface area contributed by atoms with E-state index in [-0.39, 0.29) is 5.91 Å². The molecule has 1 aliphatic carbocycles. The van der Waals surface area contributed by atoms with E-state index in [1.54, 1.807) is 0 Å². The number of fused-ring (bicyclic) bond motifs is 2. The molecular formula is C29H33N9O. The van der Waals surface area contributed by atoms with E-state index >= 15 is 0 Å². The summed E-state index contributed by atoms with van der Waals surface area (Å²) in [4.78, 5) is 34.3. The molecule has 1 amide bonds. The summed E-state index contributed by atoms with van der Waals surface area (Å²) in [5.74, 6) is 1.27. The molecule has 7 rings (SSSR count). The summed E-state index contributed by atoms with van der Waals surface area (Å²) < 4.78 is 2.22. The minimum absolute atomic E-state index is 0.141. The Kier molecular flexibility index (Phi) is 5.96. The Labute approximate surface area is 226 Å². The average molecular weight is 524 g/mol. The lowest BCUT2D eigenvalue weighted by Crippen LogP contribution is -2.45. The van der Waals surface area contributed by atoms with Crippen molar-refractivity contribution in [1.82, 2.24) is 29.4 Å². The van der Waals surface area contributed by atoms with Gasteiger partial charge in [0.1, 0.15) is 0 Å². The molecule has 0 atom stereocenters. The minimum Gasteiger partial charge on any atom is -0.368 e. The van der Waals surface area contributed by atoms with Gasteiger partial charge in [0.15, 0.2) is 0 Å². The number of likely N-dealkylation sites (N-methyl/N-ethyl adjacent to an activating group) is 1. The van der Waals surface area contributed by atoms with Gasteiger partial charge in [0.25, 0.3) is 5.91 Å². The van der Waals surface area contributed by atoms with E-state index < -0.39 is 0 Å². The molecule has 4 N–H and O–H groups in total. The van der Waals surface area contributed by atoms with Crippen molar-refractivity contribution in [3.05, 3.63) is 60.6 Å². The van der Waals surface area contributed by atoms with Gasteiger partial charge in [-0.15, -0.1) is 0 Å². The lowest BCUT2D eigenvalue weighted by atomic mass is 10.1. The van der Waals surface area contributed by atoms with Crippen molar-refractivity contribution in [2.45, 2.75) is 31.7 Å². The van der Waals surface area contributed by atoms with E-state index in [4.69, 9.17) is 4.98 Å². The molecule has 1 aliphatic heterocycles. The maximum atomic E-state index is 13.7. The van der Waals surface area contributed by atoms with Gasteiger partial charge >= 0.3 is 0 Å². The van der Waals surface area contributed by atoms with Crippen molar-refractivity contribution >= 4 is 51.1 Å². The van der Waals surface area contributed by atoms with Crippen molar-refractivity contribution in [3.8, 4) is 0 Å². The first-order chi connectivity index (χ1) is 19.1. The van der Waals surface area contributed by atoms with E-state index in [9.17, 15) is 4.79 Å². The molecule has 10 nitrogen and oxygen atoms in total. The number of hydrogen-bond acceptors (Lipinski definition) is 6. The number of imidazole rings is 2. The summed E-state index contributed by atoms with van der Waals surface area (Å²) >= 11 is 0. The second-order valence-electron chi connectivity index (χ2n) is 10.7. The minimum atomic E-state index is -0.141. The van der Waals surface area contributed by atoms with Crippen LogP contribution in [-0.4, -0.2) is 68.5 Å². The maximum Gasteiger partial charge on any atom is 0.257 e. The normalized spacial score (nSPS) is 16.9. The first-order valence-corrected chi connectivity index (χ1v) is 13.8. The second kappa shape index (κ2) is 9.77. The Balaban J connectivity index is 1.22. The monoisotopic (exact) mass is 523 g/mol. The van der Waals surface area contributed by atoms with Gasteiger partial charge in [-0.3, -0.25) is 10.1 Å². The highest BCUT2D eigenvalue weighted by atomic mass is 16.1. The van der Waals surface area contributed by atoms with E-state index in [1.807, 2.05) is 55.0 Å². The van der Waals surface area contributed by atoms with Crippen LogP contribution >= 0.6 is 0 Å². The van der Waals surface area contributed by atoms with Crippen LogP contribution in [0.5, 0.6) is 0 Å². The number of aromatic amines is 2. The first-order valence-electron chi connectivity index (χ1n) is 13.8. The Hall–Kier alpha value is -4.31. The zero-order chi connectivity index (χ0) is 26.3. The van der Waals surface area contributed by atoms with Gasteiger partial charge in [-0.05, 0) is 55.6 Å². The SMILES string of the molecule is CN1CCN(c2cc3nc(Nc4nccn4C4CCCC4)[nH]c3cc2C(=O)Nc2ccc3cc[nH]c3c2)CC1. The molecule has 0 unspecified atom stereocenters. The molecule has 5 aromatic rings. The van der Waals surface area contributed by atoms with Crippen molar-refractivity contribution in [2.75, 3.05) is 48.8 Å². The quantitative estimate of drug-likeness (QED) is 0.246. The van der Waals surface area contributed by atoms with E-state index in [1.165, 1.54) is 25.7 Å². The molecule has 0 bridgehead atoms. The molecule has 200 valence electrons. The van der Waals surface area contributed by atoms with Gasteiger partial charge in [0, 0.05) is 62.0 Å². The number of aromatic nitrogens is 5. The topological polar surface area (TPSA) is 110 Å². The molecule has 2 aliphatic rings. The zero-order valence-corrected chi connectivity index (χ0v) is 22.1. The largest absolute Gasteiger partial charge is 0.368 e. The fourth-order valence-electron chi connectivity index (χ4n) is 5.91. The number of benzene rings is 2. The highest BCUT2D eigenvalue weighted by molar-refractivity contribution is 6.11. The van der Waals surface area contributed by atoms with Gasteiger partial charge in [0.2, 0.25) is 11.9 Å². The first kappa shape index (κ1) is 23.8. The summed E-state index contributed by atoms with van der Waals surface area (Å²) in [5.41, 5.74) is 4.89. The second-order valence-corrected chi connectivity index (χ2v) is 10.7. The highest BCUT2D eigenvalue weighted by Crippen LogP contribution is 2.33. The van der Waals surface area contributed by atoms with Gasteiger partial charge < -0.3 is 29.7 Å².